The van der Waals surface area contributed by atoms with Crippen molar-refractivity contribution in [1.82, 2.24) is 9.88 Å². The minimum atomic E-state index is 0.0426. The number of morpholine rings is 1. The number of para-hydroxylation sites is 1. The van der Waals surface area contributed by atoms with Gasteiger partial charge < -0.3 is 9.72 Å². The van der Waals surface area contributed by atoms with E-state index in [0.29, 0.717) is 6.42 Å². The molecule has 0 aliphatic carbocycles. The van der Waals surface area contributed by atoms with E-state index in [1.54, 1.807) is 6.92 Å². The molecule has 4 rings (SSSR count). The van der Waals surface area contributed by atoms with E-state index in [1.807, 2.05) is 0 Å². The summed E-state index contributed by atoms with van der Waals surface area (Å²) in [5.41, 5.74) is 4.83. The molecule has 0 saturated carbocycles. The molecule has 28 heavy (non-hydrogen) atoms. The summed E-state index contributed by atoms with van der Waals surface area (Å²) in [6.07, 6.45) is 2.48. The van der Waals surface area contributed by atoms with Gasteiger partial charge in [0.25, 0.3) is 0 Å². The SMILES string of the molecule is CCC(C)(Cc1c(CC(C)=O)ccc2c1[nH]c1ccccc12)N1CCOCC1. The first kappa shape index (κ1) is 19.2. The second kappa shape index (κ2) is 7.69. The molecule has 4 heteroatoms. The Labute approximate surface area is 166 Å². The van der Waals surface area contributed by atoms with E-state index in [-0.39, 0.29) is 11.3 Å². The number of hydrogen-bond acceptors (Lipinski definition) is 3. The molecule has 1 fully saturated rings. The fourth-order valence-corrected chi connectivity index (χ4v) is 4.60. The van der Waals surface area contributed by atoms with Crippen molar-refractivity contribution in [3.05, 3.63) is 47.5 Å². The Balaban J connectivity index is 1.85. The fraction of sp³-hybridized carbons (Fsp3) is 0.458. The molecule has 3 aromatic rings. The van der Waals surface area contributed by atoms with Gasteiger partial charge in [0, 0.05) is 41.3 Å². The zero-order valence-electron chi connectivity index (χ0n) is 17.2. The van der Waals surface area contributed by atoms with Gasteiger partial charge in [-0.1, -0.05) is 37.3 Å². The maximum absolute atomic E-state index is 12.0. The lowest BCUT2D eigenvalue weighted by molar-refractivity contribution is -0.116. The van der Waals surface area contributed by atoms with E-state index in [9.17, 15) is 4.79 Å². The third kappa shape index (κ3) is 3.47. The summed E-state index contributed by atoms with van der Waals surface area (Å²) >= 11 is 0. The van der Waals surface area contributed by atoms with Crippen LogP contribution in [0.4, 0.5) is 0 Å². The van der Waals surface area contributed by atoms with Crippen LogP contribution in [0.5, 0.6) is 0 Å². The van der Waals surface area contributed by atoms with E-state index in [4.69, 9.17) is 4.74 Å². The van der Waals surface area contributed by atoms with Gasteiger partial charge in [-0.25, -0.2) is 0 Å². The second-order valence-corrected chi connectivity index (χ2v) is 8.30. The Morgan fingerprint density at radius 1 is 1.14 bits per heavy atom. The number of aromatic amines is 1. The van der Waals surface area contributed by atoms with Crippen LogP contribution in [0.3, 0.4) is 0 Å². The van der Waals surface area contributed by atoms with Crippen molar-refractivity contribution in [3.8, 4) is 0 Å². The topological polar surface area (TPSA) is 45.3 Å². The first-order valence-electron chi connectivity index (χ1n) is 10.4. The number of carbonyl (C=O) groups is 1. The number of Topliss-reactive ketones (excluding diaryl/α,β-unsaturated/α-hetero) is 1. The lowest BCUT2D eigenvalue weighted by Gasteiger charge is -2.43. The number of fused-ring (bicyclic) bond motifs is 3. The molecule has 1 aromatic heterocycles. The molecule has 0 amide bonds. The van der Waals surface area contributed by atoms with Crippen molar-refractivity contribution < 1.29 is 9.53 Å². The predicted octanol–water partition coefficient (Wildman–Crippen LogP) is 4.50. The Morgan fingerprint density at radius 3 is 2.61 bits per heavy atom. The van der Waals surface area contributed by atoms with Crippen molar-refractivity contribution in [2.24, 2.45) is 0 Å². The molecule has 2 aromatic carbocycles. The largest absolute Gasteiger partial charge is 0.379 e. The van der Waals surface area contributed by atoms with Gasteiger partial charge in [0.15, 0.2) is 0 Å². The molecule has 1 aliphatic rings. The number of aromatic nitrogens is 1. The highest BCUT2D eigenvalue weighted by molar-refractivity contribution is 6.08. The van der Waals surface area contributed by atoms with E-state index in [0.717, 1.165) is 50.2 Å². The maximum atomic E-state index is 12.0. The minimum Gasteiger partial charge on any atom is -0.379 e. The molecule has 4 nitrogen and oxygen atoms in total. The van der Waals surface area contributed by atoms with E-state index in [2.05, 4.69) is 60.1 Å². The first-order chi connectivity index (χ1) is 13.5. The summed E-state index contributed by atoms with van der Waals surface area (Å²) in [5, 5.41) is 2.50. The summed E-state index contributed by atoms with van der Waals surface area (Å²) in [6, 6.07) is 12.8. The van der Waals surface area contributed by atoms with Gasteiger partial charge in [-0.3, -0.25) is 9.69 Å². The lowest BCUT2D eigenvalue weighted by atomic mass is 9.84. The molecule has 0 spiro atoms. The fourth-order valence-electron chi connectivity index (χ4n) is 4.60. The van der Waals surface area contributed by atoms with Gasteiger partial charge in [-0.15, -0.1) is 0 Å². The van der Waals surface area contributed by atoms with Crippen LogP contribution >= 0.6 is 0 Å². The predicted molar refractivity (Wildman–Crippen MR) is 115 cm³/mol. The first-order valence-corrected chi connectivity index (χ1v) is 10.4. The molecular weight excluding hydrogens is 348 g/mol. The molecule has 1 atom stereocenters. The number of ether oxygens (including phenoxy) is 1. The number of carbonyl (C=O) groups excluding carboxylic acids is 1. The summed E-state index contributed by atoms with van der Waals surface area (Å²) in [6.45, 7) is 9.84. The monoisotopic (exact) mass is 378 g/mol. The van der Waals surface area contributed by atoms with Crippen LogP contribution in [-0.2, 0) is 22.4 Å². The molecule has 148 valence electrons. The second-order valence-electron chi connectivity index (χ2n) is 8.30. The van der Waals surface area contributed by atoms with Gasteiger partial charge in [0.1, 0.15) is 5.78 Å². The van der Waals surface area contributed by atoms with Gasteiger partial charge in [-0.2, -0.15) is 0 Å². The molecule has 1 saturated heterocycles. The molecule has 0 radical (unpaired) electrons. The highest BCUT2D eigenvalue weighted by atomic mass is 16.5. The van der Waals surface area contributed by atoms with Crippen molar-refractivity contribution in [2.75, 3.05) is 26.3 Å². The van der Waals surface area contributed by atoms with Crippen LogP contribution in [-0.4, -0.2) is 47.5 Å². The van der Waals surface area contributed by atoms with E-state index < -0.39 is 0 Å². The molecule has 0 bridgehead atoms. The van der Waals surface area contributed by atoms with Crippen LogP contribution < -0.4 is 0 Å². The van der Waals surface area contributed by atoms with Crippen LogP contribution in [0.1, 0.15) is 38.3 Å². The van der Waals surface area contributed by atoms with Crippen molar-refractivity contribution >= 4 is 27.6 Å². The summed E-state index contributed by atoms with van der Waals surface area (Å²) in [5.74, 6) is 0.210. The maximum Gasteiger partial charge on any atom is 0.134 e. The molecule has 1 aliphatic heterocycles. The molecular formula is C24H30N2O2. The normalized spacial score (nSPS) is 17.8. The summed E-state index contributed by atoms with van der Waals surface area (Å²) < 4.78 is 5.58. The number of nitrogens with zero attached hydrogens (tertiary/aromatic N) is 1. The standard InChI is InChI=1S/C24H30N2O2/c1-4-24(3,26-11-13-28-14-12-26)16-21-18(15-17(2)27)9-10-20-19-7-5-6-8-22(19)25-23(20)21/h5-10,25H,4,11-16H2,1-3H3. The third-order valence-electron chi connectivity index (χ3n) is 6.42. The zero-order valence-corrected chi connectivity index (χ0v) is 17.2. The number of H-pyrrole nitrogens is 1. The number of ketones is 1. The minimum absolute atomic E-state index is 0.0426. The molecule has 2 heterocycles. The lowest BCUT2D eigenvalue weighted by Crippen LogP contribution is -2.52. The molecule has 1 N–H and O–H groups in total. The average Bonchev–Trinajstić information content (AvgIpc) is 3.09. The number of rotatable bonds is 6. The van der Waals surface area contributed by atoms with Gasteiger partial charge in [0.05, 0.1) is 18.7 Å². The quantitative estimate of drug-likeness (QED) is 0.687. The summed E-state index contributed by atoms with van der Waals surface area (Å²) in [4.78, 5) is 18.2. The Bertz CT molecular complexity index is 1000. The van der Waals surface area contributed by atoms with Crippen LogP contribution in [0.15, 0.2) is 36.4 Å². The van der Waals surface area contributed by atoms with Crippen molar-refractivity contribution in [1.29, 1.82) is 0 Å². The van der Waals surface area contributed by atoms with Crippen LogP contribution in [0, 0.1) is 0 Å². The Hall–Kier alpha value is -2.17. The van der Waals surface area contributed by atoms with E-state index in [1.165, 1.54) is 21.9 Å². The number of benzene rings is 2. The van der Waals surface area contributed by atoms with E-state index >= 15 is 0 Å². The molecule has 1 unspecified atom stereocenters. The highest BCUT2D eigenvalue weighted by Gasteiger charge is 2.33. The smallest absolute Gasteiger partial charge is 0.134 e. The number of nitrogens with one attached hydrogen (secondary N) is 1. The summed E-state index contributed by atoms with van der Waals surface area (Å²) in [7, 11) is 0. The Morgan fingerprint density at radius 2 is 1.89 bits per heavy atom. The van der Waals surface area contributed by atoms with Crippen LogP contribution in [0.2, 0.25) is 0 Å². The van der Waals surface area contributed by atoms with Crippen molar-refractivity contribution in [3.63, 3.8) is 0 Å². The number of hydrogen-bond donors (Lipinski definition) is 1. The average molecular weight is 379 g/mol. The van der Waals surface area contributed by atoms with Crippen molar-refractivity contribution in [2.45, 2.75) is 45.6 Å². The highest BCUT2D eigenvalue weighted by Crippen LogP contribution is 2.34. The third-order valence-corrected chi connectivity index (χ3v) is 6.42. The van der Waals surface area contributed by atoms with Gasteiger partial charge in [0.2, 0.25) is 0 Å². The van der Waals surface area contributed by atoms with Crippen LogP contribution in [0.25, 0.3) is 21.8 Å². The zero-order chi connectivity index (χ0) is 19.7. The van der Waals surface area contributed by atoms with Gasteiger partial charge in [-0.05, 0) is 43.9 Å². The Kier molecular flexibility index (Phi) is 5.26. The van der Waals surface area contributed by atoms with Gasteiger partial charge >= 0.3 is 0 Å².